The number of piperidine rings is 1. The van der Waals surface area contributed by atoms with E-state index >= 15 is 0 Å². The fourth-order valence-electron chi connectivity index (χ4n) is 2.81. The number of nitrogens with zero attached hydrogens (tertiary/aromatic N) is 2. The number of aromatic nitrogens is 1. The van der Waals surface area contributed by atoms with E-state index in [2.05, 4.69) is 4.98 Å². The molecule has 3 rings (SSSR count). The number of rotatable bonds is 3. The molecule has 1 aromatic carbocycles. The Labute approximate surface area is 147 Å². The molecule has 0 atom stereocenters. The lowest BCUT2D eigenvalue weighted by atomic mass is 10.0. The zero-order chi connectivity index (χ0) is 18.7. The average Bonchev–Trinajstić information content (AvgIpc) is 2.63. The smallest absolute Gasteiger partial charge is 0.416 e. The molecule has 1 aromatic heterocycles. The van der Waals surface area contributed by atoms with Crippen LogP contribution in [0.25, 0.3) is 0 Å². The van der Waals surface area contributed by atoms with Crippen molar-refractivity contribution in [1.29, 1.82) is 0 Å². The summed E-state index contributed by atoms with van der Waals surface area (Å²) in [5.74, 6) is -0.592. The Kier molecular flexibility index (Phi) is 5.11. The maximum absolute atomic E-state index is 12.8. The lowest BCUT2D eigenvalue weighted by Crippen LogP contribution is -2.41. The summed E-state index contributed by atoms with van der Waals surface area (Å²) >= 11 is 0. The normalized spacial score (nSPS) is 15.8. The second-order valence-corrected chi connectivity index (χ2v) is 6.00. The van der Waals surface area contributed by atoms with Crippen LogP contribution in [0.15, 0.2) is 42.6 Å². The molecule has 0 radical (unpaired) electrons. The van der Waals surface area contributed by atoms with E-state index in [4.69, 9.17) is 4.74 Å². The third-order valence-corrected chi connectivity index (χ3v) is 4.17. The average molecular weight is 368 g/mol. The van der Waals surface area contributed by atoms with Crippen molar-refractivity contribution in [3.8, 4) is 5.75 Å². The van der Waals surface area contributed by atoms with Gasteiger partial charge in [-0.25, -0.2) is 4.98 Å². The Balaban J connectivity index is 1.59. The van der Waals surface area contributed by atoms with Crippen LogP contribution >= 0.6 is 0 Å². The van der Waals surface area contributed by atoms with E-state index in [1.807, 2.05) is 0 Å². The second kappa shape index (κ2) is 7.31. The number of pyridine rings is 1. The summed E-state index contributed by atoms with van der Waals surface area (Å²) in [6.07, 6.45) is -2.30. The number of benzene rings is 1. The molecule has 0 unspecified atom stereocenters. The molecule has 2 heterocycles. The zero-order valence-corrected chi connectivity index (χ0v) is 13.7. The van der Waals surface area contributed by atoms with E-state index in [0.29, 0.717) is 31.7 Å². The Morgan fingerprint density at radius 1 is 1.15 bits per heavy atom. The van der Waals surface area contributed by atoms with E-state index in [1.165, 1.54) is 35.4 Å². The van der Waals surface area contributed by atoms with Crippen molar-refractivity contribution in [3.63, 3.8) is 0 Å². The van der Waals surface area contributed by atoms with Crippen LogP contribution < -0.4 is 4.74 Å². The highest BCUT2D eigenvalue weighted by Gasteiger charge is 2.32. The Hall–Kier alpha value is -2.64. The van der Waals surface area contributed by atoms with Crippen molar-refractivity contribution < 1.29 is 27.1 Å². The summed E-state index contributed by atoms with van der Waals surface area (Å²) in [6.45, 7) is 0.739. The number of amides is 1. The summed E-state index contributed by atoms with van der Waals surface area (Å²) in [6, 6.07) is 7.09. The molecule has 0 saturated carbocycles. The first kappa shape index (κ1) is 18.2. The summed E-state index contributed by atoms with van der Waals surface area (Å²) in [7, 11) is 0. The van der Waals surface area contributed by atoms with Gasteiger partial charge in [0.1, 0.15) is 11.9 Å². The Morgan fingerprint density at radius 2 is 1.88 bits per heavy atom. The van der Waals surface area contributed by atoms with Crippen molar-refractivity contribution in [2.75, 3.05) is 13.1 Å². The molecular formula is C18H16F4N2O2. The predicted molar refractivity (Wildman–Crippen MR) is 85.2 cm³/mol. The molecule has 138 valence electrons. The number of halogens is 4. The quantitative estimate of drug-likeness (QED) is 0.609. The predicted octanol–water partition coefficient (Wildman–Crippen LogP) is 3.92. The van der Waals surface area contributed by atoms with Crippen molar-refractivity contribution in [1.82, 2.24) is 9.88 Å². The number of carbonyl (C=O) groups is 1. The molecule has 2 aromatic rings. The molecule has 0 aliphatic carbocycles. The van der Waals surface area contributed by atoms with Crippen LogP contribution in [0.3, 0.4) is 0 Å². The van der Waals surface area contributed by atoms with Crippen molar-refractivity contribution in [2.45, 2.75) is 25.1 Å². The van der Waals surface area contributed by atoms with Crippen LogP contribution in [0.5, 0.6) is 5.75 Å². The van der Waals surface area contributed by atoms with E-state index < -0.39 is 23.6 Å². The summed E-state index contributed by atoms with van der Waals surface area (Å²) in [4.78, 5) is 17.5. The number of alkyl halides is 3. The number of ether oxygens (including phenoxy) is 1. The third-order valence-electron chi connectivity index (χ3n) is 4.17. The van der Waals surface area contributed by atoms with Gasteiger partial charge in [-0.15, -0.1) is 0 Å². The fourth-order valence-corrected chi connectivity index (χ4v) is 2.81. The molecule has 1 aliphatic rings. The first-order valence-corrected chi connectivity index (χ1v) is 8.07. The van der Waals surface area contributed by atoms with Crippen LogP contribution in [-0.4, -0.2) is 35.0 Å². The van der Waals surface area contributed by atoms with E-state index in [1.54, 1.807) is 0 Å². The molecule has 4 nitrogen and oxygen atoms in total. The number of likely N-dealkylation sites (tertiary alicyclic amines) is 1. The van der Waals surface area contributed by atoms with Crippen molar-refractivity contribution >= 4 is 5.91 Å². The molecular weight excluding hydrogens is 352 g/mol. The standard InChI is InChI=1S/C18H16F4N2O2/c19-16-5-4-15(11-23-16)26-14-6-8-24(9-7-14)17(25)12-2-1-3-13(10-12)18(20,21)22/h1-5,10-11,14H,6-9H2. The molecule has 1 amide bonds. The van der Waals surface area contributed by atoms with Crippen LogP contribution in [0, 0.1) is 5.95 Å². The summed E-state index contributed by atoms with van der Waals surface area (Å²) in [5.41, 5.74) is -0.827. The molecule has 1 aliphatic heterocycles. The number of hydrogen-bond donors (Lipinski definition) is 0. The maximum Gasteiger partial charge on any atom is 0.416 e. The van der Waals surface area contributed by atoms with Crippen LogP contribution in [0.4, 0.5) is 17.6 Å². The minimum Gasteiger partial charge on any atom is -0.489 e. The van der Waals surface area contributed by atoms with Gasteiger partial charge < -0.3 is 9.64 Å². The second-order valence-electron chi connectivity index (χ2n) is 6.00. The molecule has 0 N–H and O–H groups in total. The zero-order valence-electron chi connectivity index (χ0n) is 13.7. The molecule has 1 fully saturated rings. The number of carbonyl (C=O) groups excluding carboxylic acids is 1. The maximum atomic E-state index is 12.8. The lowest BCUT2D eigenvalue weighted by Gasteiger charge is -2.32. The van der Waals surface area contributed by atoms with E-state index in [-0.39, 0.29) is 11.7 Å². The van der Waals surface area contributed by atoms with Gasteiger partial charge in [0.2, 0.25) is 5.95 Å². The minimum atomic E-state index is -4.49. The summed E-state index contributed by atoms with van der Waals surface area (Å²) in [5, 5.41) is 0. The van der Waals surface area contributed by atoms with E-state index in [0.717, 1.165) is 12.1 Å². The van der Waals surface area contributed by atoms with Gasteiger partial charge in [-0.3, -0.25) is 4.79 Å². The molecule has 26 heavy (non-hydrogen) atoms. The van der Waals surface area contributed by atoms with Crippen LogP contribution in [0.1, 0.15) is 28.8 Å². The van der Waals surface area contributed by atoms with E-state index in [9.17, 15) is 22.4 Å². The minimum absolute atomic E-state index is 0.0157. The van der Waals surface area contributed by atoms with Crippen molar-refractivity contribution in [2.24, 2.45) is 0 Å². The Bertz CT molecular complexity index is 770. The molecule has 0 bridgehead atoms. The highest BCUT2D eigenvalue weighted by molar-refractivity contribution is 5.94. The van der Waals surface area contributed by atoms with Crippen molar-refractivity contribution in [3.05, 3.63) is 59.7 Å². The van der Waals surface area contributed by atoms with Gasteiger partial charge in [0.05, 0.1) is 11.8 Å². The highest BCUT2D eigenvalue weighted by Crippen LogP contribution is 2.30. The van der Waals surface area contributed by atoms with Gasteiger partial charge in [-0.05, 0) is 30.3 Å². The van der Waals surface area contributed by atoms with Gasteiger partial charge in [-0.2, -0.15) is 17.6 Å². The number of hydrogen-bond acceptors (Lipinski definition) is 3. The van der Waals surface area contributed by atoms with Gasteiger partial charge in [0.15, 0.2) is 0 Å². The summed E-state index contributed by atoms with van der Waals surface area (Å²) < 4.78 is 56.8. The fraction of sp³-hybridized carbons (Fsp3) is 0.333. The first-order chi connectivity index (χ1) is 12.3. The largest absolute Gasteiger partial charge is 0.489 e. The third kappa shape index (κ3) is 4.30. The van der Waals surface area contributed by atoms with Gasteiger partial charge >= 0.3 is 6.18 Å². The van der Waals surface area contributed by atoms with Crippen LogP contribution in [0.2, 0.25) is 0 Å². The van der Waals surface area contributed by atoms with Gasteiger partial charge in [-0.1, -0.05) is 6.07 Å². The monoisotopic (exact) mass is 368 g/mol. The van der Waals surface area contributed by atoms with Crippen LogP contribution in [-0.2, 0) is 6.18 Å². The molecule has 1 saturated heterocycles. The molecule has 0 spiro atoms. The topological polar surface area (TPSA) is 42.4 Å². The van der Waals surface area contributed by atoms with Gasteiger partial charge in [0.25, 0.3) is 5.91 Å². The highest BCUT2D eigenvalue weighted by atomic mass is 19.4. The SMILES string of the molecule is O=C(c1cccc(C(F)(F)F)c1)N1CCC(Oc2ccc(F)nc2)CC1. The first-order valence-electron chi connectivity index (χ1n) is 8.07. The lowest BCUT2D eigenvalue weighted by molar-refractivity contribution is -0.137. The molecule has 8 heteroatoms. The Morgan fingerprint density at radius 3 is 2.50 bits per heavy atom. The van der Waals surface area contributed by atoms with Gasteiger partial charge in [0, 0.05) is 31.5 Å².